The summed E-state index contributed by atoms with van der Waals surface area (Å²) >= 11 is 0. The average molecular weight is 396 g/mol. The molecule has 0 fully saturated rings. The van der Waals surface area contributed by atoms with Crippen molar-refractivity contribution in [3.8, 4) is 23.0 Å². The fourth-order valence-electron chi connectivity index (χ4n) is 3.96. The van der Waals surface area contributed by atoms with Gasteiger partial charge in [0.1, 0.15) is 17.2 Å². The van der Waals surface area contributed by atoms with Gasteiger partial charge in [0.15, 0.2) is 11.5 Å². The summed E-state index contributed by atoms with van der Waals surface area (Å²) in [6, 6.07) is 9.27. The van der Waals surface area contributed by atoms with Crippen LogP contribution < -0.4 is 24.3 Å². The van der Waals surface area contributed by atoms with E-state index in [-0.39, 0.29) is 11.9 Å². The highest BCUT2D eigenvalue weighted by atomic mass is 16.5. The van der Waals surface area contributed by atoms with Crippen molar-refractivity contribution in [1.82, 2.24) is 10.3 Å². The minimum Gasteiger partial charge on any atom is -0.496 e. The van der Waals surface area contributed by atoms with Gasteiger partial charge in [-0.05, 0) is 54.3 Å². The quantitative estimate of drug-likeness (QED) is 0.665. The van der Waals surface area contributed by atoms with E-state index in [1.807, 2.05) is 24.3 Å². The van der Waals surface area contributed by atoms with Gasteiger partial charge in [0.05, 0.1) is 40.0 Å². The van der Waals surface area contributed by atoms with E-state index in [1.165, 1.54) is 0 Å². The Bertz CT molecular complexity index is 1030. The number of fused-ring (bicyclic) bond motifs is 2. The van der Waals surface area contributed by atoms with E-state index in [0.717, 1.165) is 34.9 Å². The van der Waals surface area contributed by atoms with Gasteiger partial charge in [-0.15, -0.1) is 0 Å². The summed E-state index contributed by atoms with van der Waals surface area (Å²) in [5.41, 5.74) is 3.40. The fraction of sp³-hybridized carbons (Fsp3) is 0.318. The normalized spacial score (nSPS) is 15.1. The van der Waals surface area contributed by atoms with Crippen LogP contribution in [-0.2, 0) is 6.42 Å². The summed E-state index contributed by atoms with van der Waals surface area (Å²) in [6.07, 6.45) is 1.69. The number of rotatable bonds is 6. The number of hydrogen-bond donors (Lipinski definition) is 2. The molecule has 3 aromatic rings. The molecule has 1 heterocycles. The maximum Gasteiger partial charge on any atom is 0.268 e. The lowest BCUT2D eigenvalue weighted by Crippen LogP contribution is -2.27. The first-order chi connectivity index (χ1) is 14.1. The fourth-order valence-corrected chi connectivity index (χ4v) is 3.96. The molecule has 0 saturated heterocycles. The first kappa shape index (κ1) is 19.0. The first-order valence-electron chi connectivity index (χ1n) is 9.39. The number of aromatic nitrogens is 1. The van der Waals surface area contributed by atoms with Gasteiger partial charge in [0.25, 0.3) is 5.91 Å². The van der Waals surface area contributed by atoms with Gasteiger partial charge >= 0.3 is 0 Å². The zero-order valence-corrected chi connectivity index (χ0v) is 16.9. The van der Waals surface area contributed by atoms with Gasteiger partial charge in [0, 0.05) is 5.39 Å². The second-order valence-corrected chi connectivity index (χ2v) is 6.91. The number of aryl methyl sites for hydroxylation is 1. The van der Waals surface area contributed by atoms with Crippen LogP contribution in [0.2, 0.25) is 0 Å². The maximum absolute atomic E-state index is 13.0. The standard InChI is InChI=1S/C22H24N2O5/c1-26-17-7-8-18(27-2)21-14(17)10-16(23-21)22(25)24-15-6-5-12-9-19(28-3)20(29-4)11-13(12)15/h7-11,15,23H,5-6H2,1-4H3,(H,24,25). The predicted molar refractivity (Wildman–Crippen MR) is 109 cm³/mol. The lowest BCUT2D eigenvalue weighted by Gasteiger charge is -2.16. The average Bonchev–Trinajstić information content (AvgIpc) is 3.36. The molecule has 1 unspecified atom stereocenters. The van der Waals surface area contributed by atoms with Gasteiger partial charge in [-0.2, -0.15) is 0 Å². The molecule has 7 heteroatoms. The van der Waals surface area contributed by atoms with E-state index in [9.17, 15) is 4.79 Å². The SMILES string of the molecule is COc1cc2c(cc1OC)C(NC(=O)c1cc3c(OC)ccc(OC)c3[nH]1)CC2. The van der Waals surface area contributed by atoms with Gasteiger partial charge < -0.3 is 29.2 Å². The van der Waals surface area contributed by atoms with Crippen LogP contribution in [0, 0.1) is 0 Å². The Morgan fingerprint density at radius 1 is 0.931 bits per heavy atom. The minimum absolute atomic E-state index is 0.0903. The molecule has 1 aliphatic carbocycles. The number of carbonyl (C=O) groups is 1. The van der Waals surface area contributed by atoms with Crippen molar-refractivity contribution < 1.29 is 23.7 Å². The Morgan fingerprint density at radius 3 is 2.28 bits per heavy atom. The van der Waals surface area contributed by atoms with Crippen LogP contribution in [0.3, 0.4) is 0 Å². The summed E-state index contributed by atoms with van der Waals surface area (Å²) < 4.78 is 21.6. The Hall–Kier alpha value is -3.35. The van der Waals surface area contributed by atoms with Crippen molar-refractivity contribution in [1.29, 1.82) is 0 Å². The Kier molecular flexibility index (Phi) is 4.96. The summed E-state index contributed by atoms with van der Waals surface area (Å²) in [7, 11) is 6.43. The lowest BCUT2D eigenvalue weighted by atomic mass is 10.1. The molecular weight excluding hydrogens is 372 g/mol. The molecule has 0 radical (unpaired) electrons. The van der Waals surface area contributed by atoms with Crippen molar-refractivity contribution in [3.05, 3.63) is 47.2 Å². The van der Waals surface area contributed by atoms with Crippen LogP contribution in [0.5, 0.6) is 23.0 Å². The molecule has 1 amide bonds. The van der Waals surface area contributed by atoms with Crippen LogP contribution in [0.4, 0.5) is 0 Å². The molecule has 2 aromatic carbocycles. The van der Waals surface area contributed by atoms with Gasteiger partial charge in [0.2, 0.25) is 0 Å². The summed E-state index contributed by atoms with van der Waals surface area (Å²) in [5.74, 6) is 2.51. The number of H-pyrrole nitrogens is 1. The highest BCUT2D eigenvalue weighted by molar-refractivity contribution is 6.01. The van der Waals surface area contributed by atoms with Crippen molar-refractivity contribution in [3.63, 3.8) is 0 Å². The maximum atomic E-state index is 13.0. The van der Waals surface area contributed by atoms with Crippen LogP contribution in [0.1, 0.15) is 34.1 Å². The number of carbonyl (C=O) groups excluding carboxylic acids is 1. The van der Waals surface area contributed by atoms with Gasteiger partial charge in [-0.1, -0.05) is 0 Å². The van der Waals surface area contributed by atoms with Crippen LogP contribution >= 0.6 is 0 Å². The highest BCUT2D eigenvalue weighted by Crippen LogP contribution is 2.39. The summed E-state index contributed by atoms with van der Waals surface area (Å²) in [4.78, 5) is 16.1. The predicted octanol–water partition coefficient (Wildman–Crippen LogP) is 3.62. The second kappa shape index (κ2) is 7.58. The molecule has 29 heavy (non-hydrogen) atoms. The monoisotopic (exact) mass is 396 g/mol. The van der Waals surface area contributed by atoms with E-state index >= 15 is 0 Å². The minimum atomic E-state index is -0.182. The molecule has 0 aliphatic heterocycles. The molecular formula is C22H24N2O5. The number of nitrogens with one attached hydrogen (secondary N) is 2. The zero-order chi connectivity index (χ0) is 20.5. The molecule has 0 spiro atoms. The van der Waals surface area contributed by atoms with E-state index in [2.05, 4.69) is 10.3 Å². The molecule has 0 bridgehead atoms. The molecule has 2 N–H and O–H groups in total. The lowest BCUT2D eigenvalue weighted by molar-refractivity contribution is 0.0932. The molecule has 1 aromatic heterocycles. The molecule has 152 valence electrons. The highest BCUT2D eigenvalue weighted by Gasteiger charge is 2.27. The molecule has 1 atom stereocenters. The topological polar surface area (TPSA) is 81.8 Å². The Labute approximate surface area is 168 Å². The number of ether oxygens (including phenoxy) is 4. The second-order valence-electron chi connectivity index (χ2n) is 6.91. The third-order valence-corrected chi connectivity index (χ3v) is 5.43. The van der Waals surface area contributed by atoms with E-state index in [4.69, 9.17) is 18.9 Å². The summed E-state index contributed by atoms with van der Waals surface area (Å²) in [5, 5.41) is 3.93. The Morgan fingerprint density at radius 2 is 1.59 bits per heavy atom. The zero-order valence-electron chi connectivity index (χ0n) is 16.9. The Balaban J connectivity index is 1.63. The smallest absolute Gasteiger partial charge is 0.268 e. The van der Waals surface area contributed by atoms with Crippen LogP contribution in [0.15, 0.2) is 30.3 Å². The van der Waals surface area contributed by atoms with Gasteiger partial charge in [-0.25, -0.2) is 0 Å². The van der Waals surface area contributed by atoms with E-state index in [0.29, 0.717) is 28.7 Å². The number of amides is 1. The molecule has 7 nitrogen and oxygen atoms in total. The molecule has 1 aliphatic rings. The summed E-state index contributed by atoms with van der Waals surface area (Å²) in [6.45, 7) is 0. The van der Waals surface area contributed by atoms with Crippen molar-refractivity contribution in [2.45, 2.75) is 18.9 Å². The van der Waals surface area contributed by atoms with Crippen molar-refractivity contribution in [2.24, 2.45) is 0 Å². The van der Waals surface area contributed by atoms with E-state index < -0.39 is 0 Å². The molecule has 0 saturated carbocycles. The number of hydrogen-bond acceptors (Lipinski definition) is 5. The van der Waals surface area contributed by atoms with Gasteiger partial charge in [-0.3, -0.25) is 4.79 Å². The van der Waals surface area contributed by atoms with Crippen LogP contribution in [-0.4, -0.2) is 39.3 Å². The third-order valence-electron chi connectivity index (χ3n) is 5.43. The van der Waals surface area contributed by atoms with Crippen molar-refractivity contribution >= 4 is 16.8 Å². The number of methoxy groups -OCH3 is 4. The van der Waals surface area contributed by atoms with Crippen LogP contribution in [0.25, 0.3) is 10.9 Å². The molecule has 4 rings (SSSR count). The largest absolute Gasteiger partial charge is 0.496 e. The van der Waals surface area contributed by atoms with Crippen molar-refractivity contribution in [2.75, 3.05) is 28.4 Å². The number of benzene rings is 2. The van der Waals surface area contributed by atoms with E-state index in [1.54, 1.807) is 34.5 Å². The number of aromatic amines is 1. The first-order valence-corrected chi connectivity index (χ1v) is 9.39. The third kappa shape index (κ3) is 3.22.